The van der Waals surface area contributed by atoms with Crippen LogP contribution in [0.1, 0.15) is 48.0 Å². The van der Waals surface area contributed by atoms with Gasteiger partial charge in [-0.2, -0.15) is 0 Å². The van der Waals surface area contributed by atoms with Crippen LogP contribution in [0.25, 0.3) is 0 Å². The molecule has 1 aromatic heterocycles. The lowest BCUT2D eigenvalue weighted by Crippen LogP contribution is -2.34. The van der Waals surface area contributed by atoms with Crippen LogP contribution in [-0.2, 0) is 19.5 Å². The molecule has 0 aliphatic heterocycles. The van der Waals surface area contributed by atoms with Crippen molar-refractivity contribution >= 4 is 17.5 Å². The summed E-state index contributed by atoms with van der Waals surface area (Å²) in [7, 11) is 0. The fourth-order valence-corrected chi connectivity index (χ4v) is 3.67. The third-order valence-corrected chi connectivity index (χ3v) is 5.43. The van der Waals surface area contributed by atoms with E-state index in [1.807, 2.05) is 65.7 Å². The van der Waals surface area contributed by atoms with Gasteiger partial charge in [-0.3, -0.25) is 4.79 Å². The number of rotatable bonds is 8. The molecule has 1 heterocycles. The summed E-state index contributed by atoms with van der Waals surface area (Å²) in [6, 6.07) is 20.0. The molecule has 2 aromatic carbocycles. The number of carbonyl (C=O) groups excluding carboxylic acids is 1. The van der Waals surface area contributed by atoms with Gasteiger partial charge in [0.15, 0.2) is 0 Å². The lowest BCUT2D eigenvalue weighted by Gasteiger charge is -2.26. The van der Waals surface area contributed by atoms with Gasteiger partial charge in [0.1, 0.15) is 0 Å². The number of halogens is 1. The number of amides is 1. The average Bonchev–Trinajstić information content (AvgIpc) is 3.15. The Balaban J connectivity index is 1.81. The largest absolute Gasteiger partial charge is 0.345 e. The van der Waals surface area contributed by atoms with Crippen molar-refractivity contribution < 1.29 is 4.79 Å². The molecule has 0 radical (unpaired) electrons. The number of hydrogen-bond donors (Lipinski definition) is 0. The van der Waals surface area contributed by atoms with E-state index in [0.29, 0.717) is 25.6 Å². The normalized spacial score (nSPS) is 11.1. The Hall–Kier alpha value is -2.52. The first kappa shape index (κ1) is 21.2. The van der Waals surface area contributed by atoms with E-state index < -0.39 is 0 Å². The smallest absolute Gasteiger partial charge is 0.254 e. The van der Waals surface area contributed by atoms with Crippen molar-refractivity contribution in [3.8, 4) is 0 Å². The van der Waals surface area contributed by atoms with Gasteiger partial charge >= 0.3 is 0 Å². The van der Waals surface area contributed by atoms with Crippen LogP contribution in [0, 0.1) is 5.92 Å². The van der Waals surface area contributed by atoms with Crippen molar-refractivity contribution in [1.29, 1.82) is 0 Å². The summed E-state index contributed by atoms with van der Waals surface area (Å²) in [5.74, 6) is 0.465. The van der Waals surface area contributed by atoms with Crippen LogP contribution >= 0.6 is 11.6 Å². The van der Waals surface area contributed by atoms with Crippen LogP contribution in [0.15, 0.2) is 66.9 Å². The van der Waals surface area contributed by atoms with E-state index in [2.05, 4.69) is 31.4 Å². The maximum absolute atomic E-state index is 13.2. The third-order valence-electron chi connectivity index (χ3n) is 5.06. The summed E-state index contributed by atoms with van der Waals surface area (Å²) in [5, 5.41) is 0.762. The number of benzene rings is 2. The molecule has 3 rings (SSSR count). The summed E-state index contributed by atoms with van der Waals surface area (Å²) in [6.45, 7) is 8.38. The second-order valence-electron chi connectivity index (χ2n) is 7.85. The van der Waals surface area contributed by atoms with E-state index in [0.717, 1.165) is 28.3 Å². The second kappa shape index (κ2) is 9.80. The Labute approximate surface area is 178 Å². The van der Waals surface area contributed by atoms with Crippen molar-refractivity contribution in [2.45, 2.75) is 40.3 Å². The highest BCUT2D eigenvalue weighted by Gasteiger charge is 2.19. The Morgan fingerprint density at radius 2 is 1.76 bits per heavy atom. The number of carbonyl (C=O) groups is 1. The Kier molecular flexibility index (Phi) is 7.16. The predicted octanol–water partition coefficient (Wildman–Crippen LogP) is 6.05. The lowest BCUT2D eigenvalue weighted by molar-refractivity contribution is 0.0718. The molecule has 3 aromatic rings. The maximum Gasteiger partial charge on any atom is 0.254 e. The van der Waals surface area contributed by atoms with Gasteiger partial charge in [0, 0.05) is 35.6 Å². The van der Waals surface area contributed by atoms with Gasteiger partial charge in [-0.05, 0) is 53.8 Å². The number of aromatic nitrogens is 1. The van der Waals surface area contributed by atoms with Gasteiger partial charge in [-0.1, -0.05) is 62.7 Å². The molecule has 0 saturated heterocycles. The molecule has 0 aliphatic carbocycles. The van der Waals surface area contributed by atoms with E-state index in [4.69, 9.17) is 11.6 Å². The van der Waals surface area contributed by atoms with E-state index in [1.54, 1.807) is 0 Å². The summed E-state index contributed by atoms with van der Waals surface area (Å²) in [6.07, 6.45) is 3.02. The van der Waals surface area contributed by atoms with Gasteiger partial charge in [-0.15, -0.1) is 0 Å². The molecule has 0 unspecified atom stereocenters. The molecule has 1 amide bonds. The van der Waals surface area contributed by atoms with Crippen molar-refractivity contribution in [3.05, 3.63) is 94.3 Å². The van der Waals surface area contributed by atoms with Crippen LogP contribution in [-0.4, -0.2) is 21.9 Å². The summed E-state index contributed by atoms with van der Waals surface area (Å²) in [5.41, 5.74) is 4.16. The molecule has 0 aliphatic rings. The minimum Gasteiger partial charge on any atom is -0.345 e. The molecule has 0 bridgehead atoms. The topological polar surface area (TPSA) is 25.2 Å². The number of nitrogens with zero attached hydrogens (tertiary/aromatic N) is 2. The average molecular weight is 409 g/mol. The molecule has 152 valence electrons. The van der Waals surface area contributed by atoms with Crippen molar-refractivity contribution in [2.75, 3.05) is 6.54 Å². The first-order valence-electron chi connectivity index (χ1n) is 10.2. The summed E-state index contributed by atoms with van der Waals surface area (Å²) >= 11 is 6.35. The van der Waals surface area contributed by atoms with Gasteiger partial charge in [0.2, 0.25) is 0 Å². The Morgan fingerprint density at radius 1 is 1.03 bits per heavy atom. The standard InChI is InChI=1S/C25H29ClN2O/c1-4-20-11-13-21(14-12-20)25(29)28(16-19(2)3)18-23-9-7-15-27(23)17-22-8-5-6-10-24(22)26/h5-15,19H,4,16-18H2,1-3H3. The molecule has 0 spiro atoms. The first-order valence-corrected chi connectivity index (χ1v) is 10.6. The molecule has 0 saturated carbocycles. The monoisotopic (exact) mass is 408 g/mol. The van der Waals surface area contributed by atoms with Crippen molar-refractivity contribution in [3.63, 3.8) is 0 Å². The zero-order valence-corrected chi connectivity index (χ0v) is 18.2. The van der Waals surface area contributed by atoms with E-state index in [-0.39, 0.29) is 5.91 Å². The molecule has 0 fully saturated rings. The van der Waals surface area contributed by atoms with Gasteiger partial charge < -0.3 is 9.47 Å². The van der Waals surface area contributed by atoms with E-state index >= 15 is 0 Å². The Bertz CT molecular complexity index is 943. The quantitative estimate of drug-likeness (QED) is 0.445. The van der Waals surface area contributed by atoms with Crippen molar-refractivity contribution in [2.24, 2.45) is 5.92 Å². The highest BCUT2D eigenvalue weighted by atomic mass is 35.5. The molecule has 0 N–H and O–H groups in total. The van der Waals surface area contributed by atoms with Gasteiger partial charge in [0.25, 0.3) is 5.91 Å². The summed E-state index contributed by atoms with van der Waals surface area (Å²) < 4.78 is 2.17. The minimum absolute atomic E-state index is 0.0758. The zero-order valence-electron chi connectivity index (χ0n) is 17.4. The lowest BCUT2D eigenvalue weighted by atomic mass is 10.1. The fraction of sp³-hybridized carbons (Fsp3) is 0.320. The molecule has 4 heteroatoms. The molecular weight excluding hydrogens is 380 g/mol. The molecular formula is C25H29ClN2O. The van der Waals surface area contributed by atoms with E-state index in [9.17, 15) is 4.79 Å². The second-order valence-corrected chi connectivity index (χ2v) is 8.26. The number of aryl methyl sites for hydroxylation is 1. The van der Waals surface area contributed by atoms with E-state index in [1.165, 1.54) is 5.56 Å². The Morgan fingerprint density at radius 3 is 2.41 bits per heavy atom. The van der Waals surface area contributed by atoms with Crippen LogP contribution < -0.4 is 0 Å². The van der Waals surface area contributed by atoms with Crippen LogP contribution in [0.4, 0.5) is 0 Å². The van der Waals surface area contributed by atoms with Gasteiger partial charge in [-0.25, -0.2) is 0 Å². The summed E-state index contributed by atoms with van der Waals surface area (Å²) in [4.78, 5) is 15.2. The SMILES string of the molecule is CCc1ccc(C(=O)N(Cc2cccn2Cc2ccccc2Cl)CC(C)C)cc1. The van der Waals surface area contributed by atoms with Gasteiger partial charge in [0.05, 0.1) is 6.54 Å². The highest BCUT2D eigenvalue weighted by molar-refractivity contribution is 6.31. The van der Waals surface area contributed by atoms with Crippen LogP contribution in [0.3, 0.4) is 0 Å². The van der Waals surface area contributed by atoms with Crippen molar-refractivity contribution in [1.82, 2.24) is 9.47 Å². The number of hydrogen-bond acceptors (Lipinski definition) is 1. The zero-order chi connectivity index (χ0) is 20.8. The van der Waals surface area contributed by atoms with Crippen LogP contribution in [0.2, 0.25) is 5.02 Å². The first-order chi connectivity index (χ1) is 14.0. The maximum atomic E-state index is 13.2. The predicted molar refractivity (Wildman–Crippen MR) is 120 cm³/mol. The fourth-order valence-electron chi connectivity index (χ4n) is 3.48. The molecule has 3 nitrogen and oxygen atoms in total. The highest BCUT2D eigenvalue weighted by Crippen LogP contribution is 2.19. The van der Waals surface area contributed by atoms with Crippen LogP contribution in [0.5, 0.6) is 0 Å². The molecule has 0 atom stereocenters. The minimum atomic E-state index is 0.0758. The third kappa shape index (κ3) is 5.51. The molecule has 29 heavy (non-hydrogen) atoms.